The predicted molar refractivity (Wildman–Crippen MR) is 94.6 cm³/mol. The van der Waals surface area contributed by atoms with Crippen molar-refractivity contribution in [2.24, 2.45) is 5.73 Å². The monoisotopic (exact) mass is 331 g/mol. The molecular formula is C18H22ClN3O. The van der Waals surface area contributed by atoms with Gasteiger partial charge in [0.05, 0.1) is 12.7 Å². The van der Waals surface area contributed by atoms with Crippen LogP contribution in [0.2, 0.25) is 0 Å². The third-order valence-corrected chi connectivity index (χ3v) is 3.49. The number of nitrogens with zero attached hydrogens (tertiary/aromatic N) is 2. The fourth-order valence-electron chi connectivity index (χ4n) is 2.42. The van der Waals surface area contributed by atoms with Crippen LogP contribution in [0.3, 0.4) is 0 Å². The van der Waals surface area contributed by atoms with Crippen molar-refractivity contribution >= 4 is 12.4 Å². The first-order chi connectivity index (χ1) is 10.8. The second kappa shape index (κ2) is 9.86. The first kappa shape index (κ1) is 19.0. The maximum Gasteiger partial charge on any atom is 0.136 e. The second-order valence-electron chi connectivity index (χ2n) is 5.13. The second-order valence-corrected chi connectivity index (χ2v) is 5.13. The highest BCUT2D eigenvalue weighted by Crippen LogP contribution is 2.20. The molecule has 2 rings (SSSR count). The topological polar surface area (TPSA) is 62.3 Å². The molecule has 0 saturated carbocycles. The molecule has 0 bridgehead atoms. The van der Waals surface area contributed by atoms with E-state index in [1.807, 2.05) is 30.3 Å². The lowest BCUT2D eigenvalue weighted by atomic mass is 10.1. The van der Waals surface area contributed by atoms with Crippen LogP contribution in [0.25, 0.3) is 0 Å². The lowest BCUT2D eigenvalue weighted by Crippen LogP contribution is -2.28. The van der Waals surface area contributed by atoms with Crippen molar-refractivity contribution in [1.29, 1.82) is 5.26 Å². The molecule has 0 aliphatic rings. The first-order valence-corrected chi connectivity index (χ1v) is 7.30. The fourth-order valence-corrected chi connectivity index (χ4v) is 2.42. The van der Waals surface area contributed by atoms with Gasteiger partial charge in [0.2, 0.25) is 0 Å². The Morgan fingerprint density at radius 1 is 1.09 bits per heavy atom. The lowest BCUT2D eigenvalue weighted by molar-refractivity contribution is 0.264. The fraction of sp³-hybridized carbons (Fsp3) is 0.278. The number of rotatable bonds is 7. The third kappa shape index (κ3) is 5.57. The summed E-state index contributed by atoms with van der Waals surface area (Å²) in [6.45, 7) is 3.05. The molecule has 0 fully saturated rings. The predicted octanol–water partition coefficient (Wildman–Crippen LogP) is 2.95. The Balaban J connectivity index is 0.00000264. The normalized spacial score (nSPS) is 10.0. The molecule has 0 unspecified atom stereocenters. The highest BCUT2D eigenvalue weighted by molar-refractivity contribution is 5.85. The van der Waals surface area contributed by atoms with Crippen LogP contribution in [-0.4, -0.2) is 25.1 Å². The van der Waals surface area contributed by atoms with Gasteiger partial charge in [-0.15, -0.1) is 12.4 Å². The van der Waals surface area contributed by atoms with Gasteiger partial charge in [0.15, 0.2) is 0 Å². The average Bonchev–Trinajstić information content (AvgIpc) is 2.56. The quantitative estimate of drug-likeness (QED) is 0.847. The number of benzene rings is 2. The minimum Gasteiger partial charge on any atom is -0.495 e. The van der Waals surface area contributed by atoms with Crippen LogP contribution in [-0.2, 0) is 13.1 Å². The molecule has 0 spiro atoms. The van der Waals surface area contributed by atoms with Crippen molar-refractivity contribution in [2.45, 2.75) is 13.1 Å². The van der Waals surface area contributed by atoms with E-state index in [0.717, 1.165) is 25.2 Å². The first-order valence-electron chi connectivity index (χ1n) is 7.30. The highest BCUT2D eigenvalue weighted by Gasteiger charge is 2.09. The molecule has 0 aromatic heterocycles. The number of ether oxygens (including phenoxy) is 1. The summed E-state index contributed by atoms with van der Waals surface area (Å²) in [5, 5.41) is 9.04. The molecule has 4 nitrogen and oxygen atoms in total. The van der Waals surface area contributed by atoms with Gasteiger partial charge in [-0.25, -0.2) is 0 Å². The Hall–Kier alpha value is -2.06. The molecule has 0 aliphatic carbocycles. The van der Waals surface area contributed by atoms with Crippen molar-refractivity contribution in [3.8, 4) is 11.8 Å². The summed E-state index contributed by atoms with van der Waals surface area (Å²) in [7, 11) is 1.58. The molecule has 23 heavy (non-hydrogen) atoms. The van der Waals surface area contributed by atoms with Crippen LogP contribution in [0, 0.1) is 11.3 Å². The van der Waals surface area contributed by atoms with E-state index in [0.29, 0.717) is 17.9 Å². The van der Waals surface area contributed by atoms with Gasteiger partial charge in [0.1, 0.15) is 11.8 Å². The Morgan fingerprint density at radius 2 is 1.78 bits per heavy atom. The van der Waals surface area contributed by atoms with Crippen LogP contribution in [0.4, 0.5) is 0 Å². The molecule has 0 radical (unpaired) electrons. The van der Waals surface area contributed by atoms with E-state index >= 15 is 0 Å². The number of nitrogens with two attached hydrogens (primary N) is 1. The van der Waals surface area contributed by atoms with Gasteiger partial charge in [0.25, 0.3) is 0 Å². The number of hydrogen-bond acceptors (Lipinski definition) is 4. The molecule has 0 heterocycles. The van der Waals surface area contributed by atoms with Gasteiger partial charge in [0, 0.05) is 26.2 Å². The number of hydrogen-bond donors (Lipinski definition) is 1. The van der Waals surface area contributed by atoms with E-state index in [1.165, 1.54) is 5.56 Å². The maximum absolute atomic E-state index is 9.04. The summed E-state index contributed by atoms with van der Waals surface area (Å²) in [4.78, 5) is 2.29. The zero-order valence-electron chi connectivity index (χ0n) is 13.2. The lowest BCUT2D eigenvalue weighted by Gasteiger charge is -2.22. The minimum absolute atomic E-state index is 0. The Kier molecular flexibility index (Phi) is 8.14. The molecule has 122 valence electrons. The van der Waals surface area contributed by atoms with E-state index in [1.54, 1.807) is 13.2 Å². The Morgan fingerprint density at radius 3 is 2.39 bits per heavy atom. The minimum atomic E-state index is 0. The molecule has 5 heteroatoms. The zero-order chi connectivity index (χ0) is 15.8. The standard InChI is InChI=1S/C18H21N3O.ClH/c1-22-18-11-16(7-8-17(18)12-20)14-21(10-9-19)13-15-5-3-2-4-6-15;/h2-8,11H,9-10,13-14,19H2,1H3;1H. The Labute approximate surface area is 143 Å². The summed E-state index contributed by atoms with van der Waals surface area (Å²) in [6.07, 6.45) is 0. The van der Waals surface area contributed by atoms with Gasteiger partial charge in [-0.05, 0) is 23.3 Å². The van der Waals surface area contributed by atoms with Gasteiger partial charge in [-0.2, -0.15) is 5.26 Å². The van der Waals surface area contributed by atoms with Crippen LogP contribution in [0.1, 0.15) is 16.7 Å². The van der Waals surface area contributed by atoms with Gasteiger partial charge in [-0.3, -0.25) is 4.90 Å². The van der Waals surface area contributed by atoms with Gasteiger partial charge in [-0.1, -0.05) is 36.4 Å². The molecule has 0 aliphatic heterocycles. The third-order valence-electron chi connectivity index (χ3n) is 3.49. The summed E-state index contributed by atoms with van der Waals surface area (Å²) >= 11 is 0. The van der Waals surface area contributed by atoms with Crippen molar-refractivity contribution < 1.29 is 4.74 Å². The summed E-state index contributed by atoms with van der Waals surface area (Å²) in [6, 6.07) is 18.2. The largest absolute Gasteiger partial charge is 0.495 e. The Bertz CT molecular complexity index is 640. The summed E-state index contributed by atoms with van der Waals surface area (Å²) < 4.78 is 5.27. The van der Waals surface area contributed by atoms with E-state index in [-0.39, 0.29) is 12.4 Å². The van der Waals surface area contributed by atoms with Gasteiger partial charge < -0.3 is 10.5 Å². The van der Waals surface area contributed by atoms with Crippen molar-refractivity contribution in [3.63, 3.8) is 0 Å². The highest BCUT2D eigenvalue weighted by atomic mass is 35.5. The average molecular weight is 332 g/mol. The molecule has 0 amide bonds. The van der Waals surface area contributed by atoms with Crippen molar-refractivity contribution in [1.82, 2.24) is 4.90 Å². The van der Waals surface area contributed by atoms with Crippen LogP contribution < -0.4 is 10.5 Å². The maximum atomic E-state index is 9.04. The molecule has 0 atom stereocenters. The van der Waals surface area contributed by atoms with Gasteiger partial charge >= 0.3 is 0 Å². The van der Waals surface area contributed by atoms with E-state index in [2.05, 4.69) is 23.1 Å². The van der Waals surface area contributed by atoms with Crippen LogP contribution >= 0.6 is 12.4 Å². The number of halogens is 1. The van der Waals surface area contributed by atoms with E-state index in [4.69, 9.17) is 15.7 Å². The van der Waals surface area contributed by atoms with Crippen molar-refractivity contribution in [3.05, 3.63) is 65.2 Å². The van der Waals surface area contributed by atoms with E-state index in [9.17, 15) is 0 Å². The van der Waals surface area contributed by atoms with Crippen LogP contribution in [0.5, 0.6) is 5.75 Å². The molecule has 0 saturated heterocycles. The summed E-state index contributed by atoms with van der Waals surface area (Å²) in [5.74, 6) is 0.618. The zero-order valence-corrected chi connectivity index (χ0v) is 14.1. The molecule has 2 aromatic carbocycles. The van der Waals surface area contributed by atoms with Crippen molar-refractivity contribution in [2.75, 3.05) is 20.2 Å². The SMILES string of the molecule is COc1cc(CN(CCN)Cc2ccccc2)ccc1C#N.Cl. The smallest absolute Gasteiger partial charge is 0.136 e. The molecule has 2 N–H and O–H groups in total. The van der Waals surface area contributed by atoms with E-state index < -0.39 is 0 Å². The number of methoxy groups -OCH3 is 1. The number of nitriles is 1. The molecule has 2 aromatic rings. The summed E-state index contributed by atoms with van der Waals surface area (Å²) in [5.41, 5.74) is 8.66. The molecular weight excluding hydrogens is 310 g/mol. The van der Waals surface area contributed by atoms with Crippen LogP contribution in [0.15, 0.2) is 48.5 Å².